The first-order valence-corrected chi connectivity index (χ1v) is 5.71. The van der Waals surface area contributed by atoms with Crippen molar-refractivity contribution < 1.29 is 9.47 Å². The topological polar surface area (TPSA) is 33.7 Å². The minimum atomic E-state index is 0.195. The number of nitrogens with one attached hydrogen (secondary N) is 1. The first-order valence-electron chi connectivity index (χ1n) is 5.71. The van der Waals surface area contributed by atoms with E-state index in [0.29, 0.717) is 6.61 Å². The zero-order chi connectivity index (χ0) is 11.5. The van der Waals surface area contributed by atoms with Gasteiger partial charge in [-0.25, -0.2) is 0 Å². The van der Waals surface area contributed by atoms with E-state index in [2.05, 4.69) is 24.3 Å². The molecule has 15 heavy (non-hydrogen) atoms. The van der Waals surface area contributed by atoms with Gasteiger partial charge in [0, 0.05) is 26.2 Å². The summed E-state index contributed by atoms with van der Waals surface area (Å²) < 4.78 is 10.8. The van der Waals surface area contributed by atoms with Crippen molar-refractivity contribution in [3.8, 4) is 0 Å². The van der Waals surface area contributed by atoms with E-state index in [0.717, 1.165) is 32.8 Å². The third-order valence-corrected chi connectivity index (χ3v) is 1.97. The van der Waals surface area contributed by atoms with Crippen molar-refractivity contribution in [2.24, 2.45) is 0 Å². The summed E-state index contributed by atoms with van der Waals surface area (Å²) in [7, 11) is 4.14. The Morgan fingerprint density at radius 1 is 1.27 bits per heavy atom. The molecule has 0 saturated carbocycles. The fourth-order valence-corrected chi connectivity index (χ4v) is 1.09. The smallest absolute Gasteiger partial charge is 0.0781 e. The SMILES string of the molecule is CCOCC(C)OCCNCCN(C)C. The summed E-state index contributed by atoms with van der Waals surface area (Å²) in [5, 5.41) is 3.32. The Morgan fingerprint density at radius 3 is 2.60 bits per heavy atom. The van der Waals surface area contributed by atoms with Crippen LogP contribution in [0, 0.1) is 0 Å². The van der Waals surface area contributed by atoms with E-state index < -0.39 is 0 Å². The lowest BCUT2D eigenvalue weighted by Crippen LogP contribution is -2.30. The van der Waals surface area contributed by atoms with E-state index in [1.807, 2.05) is 13.8 Å². The number of hydrogen-bond donors (Lipinski definition) is 1. The molecular formula is C11H26N2O2. The molecule has 0 fully saturated rings. The Morgan fingerprint density at radius 2 is 2.00 bits per heavy atom. The highest BCUT2D eigenvalue weighted by molar-refractivity contribution is 4.52. The standard InChI is InChI=1S/C11H26N2O2/c1-5-14-10-11(2)15-9-7-12-6-8-13(3)4/h11-12H,5-10H2,1-4H3. The Kier molecular flexibility index (Phi) is 10.3. The zero-order valence-corrected chi connectivity index (χ0v) is 10.6. The number of ether oxygens (including phenoxy) is 2. The summed E-state index contributed by atoms with van der Waals surface area (Å²) in [5.41, 5.74) is 0. The molecule has 0 aromatic carbocycles. The number of nitrogens with zero attached hydrogens (tertiary/aromatic N) is 1. The van der Waals surface area contributed by atoms with Gasteiger partial charge in [0.05, 0.1) is 19.3 Å². The zero-order valence-electron chi connectivity index (χ0n) is 10.6. The summed E-state index contributed by atoms with van der Waals surface area (Å²) in [6.45, 7) is 9.21. The minimum Gasteiger partial charge on any atom is -0.379 e. The molecule has 0 radical (unpaired) electrons. The van der Waals surface area contributed by atoms with Crippen molar-refractivity contribution >= 4 is 0 Å². The van der Waals surface area contributed by atoms with Crippen molar-refractivity contribution in [1.29, 1.82) is 0 Å². The van der Waals surface area contributed by atoms with Gasteiger partial charge in [-0.1, -0.05) is 0 Å². The first-order chi connectivity index (χ1) is 7.16. The molecule has 0 amide bonds. The Labute approximate surface area is 93.9 Å². The summed E-state index contributed by atoms with van der Waals surface area (Å²) in [5.74, 6) is 0. The molecule has 1 N–H and O–H groups in total. The lowest BCUT2D eigenvalue weighted by molar-refractivity contribution is -0.00189. The average Bonchev–Trinajstić information content (AvgIpc) is 2.19. The van der Waals surface area contributed by atoms with Gasteiger partial charge in [-0.3, -0.25) is 0 Å². The van der Waals surface area contributed by atoms with Crippen LogP contribution < -0.4 is 5.32 Å². The van der Waals surface area contributed by atoms with E-state index in [1.165, 1.54) is 0 Å². The van der Waals surface area contributed by atoms with Crippen molar-refractivity contribution in [1.82, 2.24) is 10.2 Å². The van der Waals surface area contributed by atoms with Crippen LogP contribution in [0.25, 0.3) is 0 Å². The van der Waals surface area contributed by atoms with Crippen LogP contribution in [0.5, 0.6) is 0 Å². The molecule has 4 heteroatoms. The van der Waals surface area contributed by atoms with Gasteiger partial charge < -0.3 is 19.7 Å². The molecule has 92 valence electrons. The molecule has 0 saturated heterocycles. The first kappa shape index (κ1) is 14.8. The molecule has 0 spiro atoms. The van der Waals surface area contributed by atoms with Crippen LogP contribution in [-0.2, 0) is 9.47 Å². The van der Waals surface area contributed by atoms with Gasteiger partial charge in [0.1, 0.15) is 0 Å². The monoisotopic (exact) mass is 218 g/mol. The van der Waals surface area contributed by atoms with Gasteiger partial charge in [0.15, 0.2) is 0 Å². The highest BCUT2D eigenvalue weighted by atomic mass is 16.5. The second-order valence-electron chi connectivity index (χ2n) is 3.89. The molecule has 0 aromatic heterocycles. The summed E-state index contributed by atoms with van der Waals surface area (Å²) in [6, 6.07) is 0. The van der Waals surface area contributed by atoms with Crippen LogP contribution in [0.1, 0.15) is 13.8 Å². The summed E-state index contributed by atoms with van der Waals surface area (Å²) in [4.78, 5) is 2.16. The van der Waals surface area contributed by atoms with Gasteiger partial charge in [-0.05, 0) is 27.9 Å². The lowest BCUT2D eigenvalue weighted by Gasteiger charge is -2.14. The molecule has 4 nitrogen and oxygen atoms in total. The van der Waals surface area contributed by atoms with E-state index in [-0.39, 0.29) is 6.10 Å². The predicted molar refractivity (Wildman–Crippen MR) is 63.3 cm³/mol. The van der Waals surface area contributed by atoms with Crippen LogP contribution in [-0.4, -0.2) is 64.6 Å². The molecule has 0 aromatic rings. The van der Waals surface area contributed by atoms with Gasteiger partial charge in [0.25, 0.3) is 0 Å². The quantitative estimate of drug-likeness (QED) is 0.544. The number of likely N-dealkylation sites (N-methyl/N-ethyl adjacent to an activating group) is 1. The molecule has 1 atom stereocenters. The number of rotatable bonds is 10. The Balaban J connectivity index is 3.09. The maximum absolute atomic E-state index is 5.55. The fourth-order valence-electron chi connectivity index (χ4n) is 1.09. The normalized spacial score (nSPS) is 13.4. The minimum absolute atomic E-state index is 0.195. The maximum Gasteiger partial charge on any atom is 0.0781 e. The van der Waals surface area contributed by atoms with Crippen LogP contribution in [0.4, 0.5) is 0 Å². The molecule has 0 aliphatic heterocycles. The third kappa shape index (κ3) is 11.8. The molecule has 0 bridgehead atoms. The molecule has 0 heterocycles. The van der Waals surface area contributed by atoms with Crippen LogP contribution in [0.2, 0.25) is 0 Å². The van der Waals surface area contributed by atoms with E-state index >= 15 is 0 Å². The second-order valence-corrected chi connectivity index (χ2v) is 3.89. The molecule has 0 aliphatic rings. The predicted octanol–water partition coefficient (Wildman–Crippen LogP) is 0.579. The van der Waals surface area contributed by atoms with E-state index in [1.54, 1.807) is 0 Å². The van der Waals surface area contributed by atoms with Crippen LogP contribution in [0.15, 0.2) is 0 Å². The third-order valence-electron chi connectivity index (χ3n) is 1.97. The van der Waals surface area contributed by atoms with Crippen molar-refractivity contribution in [2.75, 3.05) is 53.6 Å². The second kappa shape index (κ2) is 10.4. The van der Waals surface area contributed by atoms with Gasteiger partial charge in [0.2, 0.25) is 0 Å². The highest BCUT2D eigenvalue weighted by Gasteiger charge is 2.00. The fraction of sp³-hybridized carbons (Fsp3) is 1.00. The Hall–Kier alpha value is -0.160. The van der Waals surface area contributed by atoms with Gasteiger partial charge in [-0.15, -0.1) is 0 Å². The van der Waals surface area contributed by atoms with Crippen molar-refractivity contribution in [2.45, 2.75) is 20.0 Å². The average molecular weight is 218 g/mol. The van der Waals surface area contributed by atoms with Crippen molar-refractivity contribution in [3.05, 3.63) is 0 Å². The van der Waals surface area contributed by atoms with Crippen LogP contribution in [0.3, 0.4) is 0 Å². The van der Waals surface area contributed by atoms with Crippen LogP contribution >= 0.6 is 0 Å². The van der Waals surface area contributed by atoms with E-state index in [4.69, 9.17) is 9.47 Å². The lowest BCUT2D eigenvalue weighted by atomic mass is 10.4. The maximum atomic E-state index is 5.55. The van der Waals surface area contributed by atoms with Gasteiger partial charge >= 0.3 is 0 Å². The van der Waals surface area contributed by atoms with Gasteiger partial charge in [-0.2, -0.15) is 0 Å². The number of hydrogen-bond acceptors (Lipinski definition) is 4. The largest absolute Gasteiger partial charge is 0.379 e. The molecule has 0 aliphatic carbocycles. The van der Waals surface area contributed by atoms with Crippen molar-refractivity contribution in [3.63, 3.8) is 0 Å². The molecular weight excluding hydrogens is 192 g/mol. The molecule has 1 unspecified atom stereocenters. The highest BCUT2D eigenvalue weighted by Crippen LogP contribution is 1.90. The Bertz CT molecular complexity index is 132. The van der Waals surface area contributed by atoms with E-state index in [9.17, 15) is 0 Å². The summed E-state index contributed by atoms with van der Waals surface area (Å²) in [6.07, 6.45) is 0.195. The summed E-state index contributed by atoms with van der Waals surface area (Å²) >= 11 is 0. The molecule has 0 rings (SSSR count).